The number of benzene rings is 1. The minimum atomic E-state index is -1.17. The van der Waals surface area contributed by atoms with E-state index in [0.29, 0.717) is 16.0 Å². The Bertz CT molecular complexity index is 430. The molecule has 6 heteroatoms. The molecule has 1 rings (SSSR count). The Morgan fingerprint density at radius 3 is 2.06 bits per heavy atom. The number of Topliss-reactive ketones (excluding diaryl/α,β-unsaturated/α-hetero) is 1. The first-order valence-electron chi connectivity index (χ1n) is 4.66. The number of ether oxygens (including phenoxy) is 2. The number of carbonyl (C=O) groups is 2. The molecule has 0 aromatic heterocycles. The van der Waals surface area contributed by atoms with Crippen molar-refractivity contribution in [1.29, 1.82) is 0 Å². The molecule has 0 aliphatic heterocycles. The number of rotatable bonds is 5. The Labute approximate surface area is 106 Å². The van der Waals surface area contributed by atoms with E-state index in [1.165, 1.54) is 26.4 Å². The van der Waals surface area contributed by atoms with Gasteiger partial charge in [0, 0.05) is 5.56 Å². The number of aliphatic carboxylic acids is 1. The van der Waals surface area contributed by atoms with Gasteiger partial charge in [-0.3, -0.25) is 9.59 Å². The van der Waals surface area contributed by atoms with Gasteiger partial charge in [-0.2, -0.15) is 0 Å². The molecule has 1 aromatic rings. The topological polar surface area (TPSA) is 72.8 Å². The molecule has 0 amide bonds. The van der Waals surface area contributed by atoms with E-state index in [4.69, 9.17) is 14.6 Å². The van der Waals surface area contributed by atoms with Crippen molar-refractivity contribution in [2.75, 3.05) is 14.2 Å². The second-order valence-corrected chi connectivity index (χ2v) is 3.98. The summed E-state index contributed by atoms with van der Waals surface area (Å²) in [6, 6.07) is 2.94. The van der Waals surface area contributed by atoms with Crippen molar-refractivity contribution in [1.82, 2.24) is 0 Å². The molecule has 1 N–H and O–H groups in total. The second kappa shape index (κ2) is 5.67. The molecule has 0 aliphatic carbocycles. The number of carboxylic acids is 1. The first-order chi connectivity index (χ1) is 7.99. The van der Waals surface area contributed by atoms with Crippen LogP contribution >= 0.6 is 15.9 Å². The lowest BCUT2D eigenvalue weighted by Gasteiger charge is -2.10. The number of hydrogen-bond acceptors (Lipinski definition) is 4. The fourth-order valence-corrected chi connectivity index (χ4v) is 1.82. The van der Waals surface area contributed by atoms with Crippen LogP contribution in [-0.4, -0.2) is 31.1 Å². The molecule has 92 valence electrons. The lowest BCUT2D eigenvalue weighted by Crippen LogP contribution is -2.07. The van der Waals surface area contributed by atoms with Crippen LogP contribution in [-0.2, 0) is 4.79 Å². The van der Waals surface area contributed by atoms with Crippen molar-refractivity contribution in [2.45, 2.75) is 6.42 Å². The molecule has 0 unspecified atom stereocenters. The first-order valence-corrected chi connectivity index (χ1v) is 5.45. The zero-order valence-electron chi connectivity index (χ0n) is 9.32. The molecule has 0 aliphatic rings. The van der Waals surface area contributed by atoms with Crippen LogP contribution in [0.4, 0.5) is 0 Å². The molecule has 0 saturated carbocycles. The maximum Gasteiger partial charge on any atom is 0.311 e. The van der Waals surface area contributed by atoms with Gasteiger partial charge < -0.3 is 14.6 Å². The van der Waals surface area contributed by atoms with Crippen LogP contribution in [0.15, 0.2) is 16.6 Å². The van der Waals surface area contributed by atoms with E-state index in [9.17, 15) is 9.59 Å². The SMILES string of the molecule is COc1cc(C(=O)CC(=O)O)cc(OC)c1Br. The second-order valence-electron chi connectivity index (χ2n) is 3.19. The Balaban J connectivity index is 3.17. The summed E-state index contributed by atoms with van der Waals surface area (Å²) in [4.78, 5) is 22.1. The van der Waals surface area contributed by atoms with E-state index >= 15 is 0 Å². The average Bonchev–Trinajstić information content (AvgIpc) is 2.28. The predicted molar refractivity (Wildman–Crippen MR) is 63.8 cm³/mol. The minimum absolute atomic E-state index is 0.240. The maximum absolute atomic E-state index is 11.6. The van der Waals surface area contributed by atoms with E-state index in [0.717, 1.165) is 0 Å². The molecular formula is C11H11BrO5. The van der Waals surface area contributed by atoms with Crippen LogP contribution in [0.25, 0.3) is 0 Å². The Hall–Kier alpha value is -1.56. The number of carboxylic acid groups (broad SMARTS) is 1. The van der Waals surface area contributed by atoms with Crippen LogP contribution in [0.3, 0.4) is 0 Å². The van der Waals surface area contributed by atoms with Crippen LogP contribution in [0.2, 0.25) is 0 Å². The highest BCUT2D eigenvalue weighted by molar-refractivity contribution is 9.10. The lowest BCUT2D eigenvalue weighted by atomic mass is 10.1. The fraction of sp³-hybridized carbons (Fsp3) is 0.273. The van der Waals surface area contributed by atoms with Gasteiger partial charge in [-0.05, 0) is 28.1 Å². The fourth-order valence-electron chi connectivity index (χ4n) is 1.27. The summed E-state index contributed by atoms with van der Waals surface area (Å²) in [5.41, 5.74) is 0.240. The van der Waals surface area contributed by atoms with E-state index in [1.54, 1.807) is 0 Å². The monoisotopic (exact) mass is 302 g/mol. The number of halogens is 1. The van der Waals surface area contributed by atoms with Gasteiger partial charge in [0.15, 0.2) is 5.78 Å². The highest BCUT2D eigenvalue weighted by Crippen LogP contribution is 2.35. The third-order valence-electron chi connectivity index (χ3n) is 2.08. The molecular weight excluding hydrogens is 292 g/mol. The summed E-state index contributed by atoms with van der Waals surface area (Å²) in [5.74, 6) is -0.839. The number of methoxy groups -OCH3 is 2. The van der Waals surface area contributed by atoms with Crippen molar-refractivity contribution in [3.05, 3.63) is 22.2 Å². The molecule has 1 aromatic carbocycles. The van der Waals surface area contributed by atoms with Gasteiger partial charge >= 0.3 is 5.97 Å². The van der Waals surface area contributed by atoms with Gasteiger partial charge in [-0.25, -0.2) is 0 Å². The largest absolute Gasteiger partial charge is 0.495 e. The lowest BCUT2D eigenvalue weighted by molar-refractivity contribution is -0.135. The molecule has 0 saturated heterocycles. The molecule has 0 radical (unpaired) electrons. The summed E-state index contributed by atoms with van der Waals surface area (Å²) in [6.45, 7) is 0. The van der Waals surface area contributed by atoms with Gasteiger partial charge in [0.25, 0.3) is 0 Å². The van der Waals surface area contributed by atoms with Gasteiger partial charge in [-0.1, -0.05) is 0 Å². The highest BCUT2D eigenvalue weighted by Gasteiger charge is 2.16. The van der Waals surface area contributed by atoms with Crippen molar-refractivity contribution in [3.8, 4) is 11.5 Å². The summed E-state index contributed by atoms with van der Waals surface area (Å²) < 4.78 is 10.7. The van der Waals surface area contributed by atoms with E-state index in [1.807, 2.05) is 0 Å². The molecule has 17 heavy (non-hydrogen) atoms. The van der Waals surface area contributed by atoms with Gasteiger partial charge in [0.05, 0.1) is 14.2 Å². The van der Waals surface area contributed by atoms with Crippen molar-refractivity contribution < 1.29 is 24.2 Å². The zero-order chi connectivity index (χ0) is 13.0. The van der Waals surface area contributed by atoms with Crippen molar-refractivity contribution >= 4 is 27.7 Å². The summed E-state index contributed by atoms with van der Waals surface area (Å²) in [6.07, 6.45) is -0.562. The van der Waals surface area contributed by atoms with Crippen molar-refractivity contribution in [2.24, 2.45) is 0 Å². The van der Waals surface area contributed by atoms with E-state index in [-0.39, 0.29) is 5.56 Å². The minimum Gasteiger partial charge on any atom is -0.495 e. The van der Waals surface area contributed by atoms with Crippen molar-refractivity contribution in [3.63, 3.8) is 0 Å². The Kier molecular flexibility index (Phi) is 4.51. The van der Waals surface area contributed by atoms with E-state index in [2.05, 4.69) is 15.9 Å². The Morgan fingerprint density at radius 1 is 1.24 bits per heavy atom. The Morgan fingerprint density at radius 2 is 1.71 bits per heavy atom. The predicted octanol–water partition coefficient (Wildman–Crippen LogP) is 2.12. The zero-order valence-corrected chi connectivity index (χ0v) is 10.9. The normalized spacial score (nSPS) is 9.82. The standard InChI is InChI=1S/C11H11BrO5/c1-16-8-3-6(7(13)5-10(14)15)4-9(17-2)11(8)12/h3-4H,5H2,1-2H3,(H,14,15). The molecule has 0 fully saturated rings. The molecule has 0 spiro atoms. The van der Waals surface area contributed by atoms with Gasteiger partial charge in [-0.15, -0.1) is 0 Å². The van der Waals surface area contributed by atoms with Crippen LogP contribution < -0.4 is 9.47 Å². The third kappa shape index (κ3) is 3.20. The molecule has 0 bridgehead atoms. The number of hydrogen-bond donors (Lipinski definition) is 1. The number of carbonyl (C=O) groups excluding carboxylic acids is 1. The van der Waals surface area contributed by atoms with Gasteiger partial charge in [0.2, 0.25) is 0 Å². The van der Waals surface area contributed by atoms with Crippen LogP contribution in [0.5, 0.6) is 11.5 Å². The quantitative estimate of drug-likeness (QED) is 0.666. The van der Waals surface area contributed by atoms with E-state index < -0.39 is 18.2 Å². The third-order valence-corrected chi connectivity index (χ3v) is 2.86. The first kappa shape index (κ1) is 13.5. The summed E-state index contributed by atoms with van der Waals surface area (Å²) in [5, 5.41) is 8.56. The average molecular weight is 303 g/mol. The summed E-state index contributed by atoms with van der Waals surface area (Å²) >= 11 is 3.26. The molecule has 0 atom stereocenters. The highest BCUT2D eigenvalue weighted by atomic mass is 79.9. The van der Waals surface area contributed by atoms with Gasteiger partial charge in [0.1, 0.15) is 22.4 Å². The number of ketones is 1. The smallest absolute Gasteiger partial charge is 0.311 e. The molecule has 0 heterocycles. The molecule has 5 nitrogen and oxygen atoms in total. The maximum atomic E-state index is 11.6. The summed E-state index contributed by atoms with van der Waals surface area (Å²) in [7, 11) is 2.90. The van der Waals surface area contributed by atoms with Crippen LogP contribution in [0, 0.1) is 0 Å². The van der Waals surface area contributed by atoms with Crippen LogP contribution in [0.1, 0.15) is 16.8 Å².